The summed E-state index contributed by atoms with van der Waals surface area (Å²) in [5.74, 6) is -0.413. The summed E-state index contributed by atoms with van der Waals surface area (Å²) in [5, 5.41) is 3.81. The fourth-order valence-corrected chi connectivity index (χ4v) is 3.74. The quantitative estimate of drug-likeness (QED) is 0.931. The van der Waals surface area contributed by atoms with Gasteiger partial charge in [0.05, 0.1) is 6.42 Å². The largest absolute Gasteiger partial charge is 0.338 e. The highest BCUT2D eigenvalue weighted by molar-refractivity contribution is 6.31. The highest BCUT2D eigenvalue weighted by Gasteiger charge is 2.35. The van der Waals surface area contributed by atoms with Crippen LogP contribution in [0.1, 0.15) is 31.2 Å². The molecule has 1 aromatic carbocycles. The smallest absolute Gasteiger partial charge is 0.227 e. The molecule has 2 fully saturated rings. The zero-order valence-electron chi connectivity index (χ0n) is 11.9. The van der Waals surface area contributed by atoms with E-state index in [-0.39, 0.29) is 18.4 Å². The van der Waals surface area contributed by atoms with Crippen molar-refractivity contribution < 1.29 is 9.18 Å². The molecular formula is C16H20ClFN2O. The molecule has 0 aromatic heterocycles. The minimum absolute atomic E-state index is 0.0156. The van der Waals surface area contributed by atoms with Crippen molar-refractivity contribution in [1.82, 2.24) is 10.2 Å². The number of rotatable bonds is 3. The van der Waals surface area contributed by atoms with E-state index in [2.05, 4.69) is 5.32 Å². The lowest BCUT2D eigenvalue weighted by Crippen LogP contribution is -2.47. The molecule has 0 bridgehead atoms. The van der Waals surface area contributed by atoms with Gasteiger partial charge in [-0.2, -0.15) is 0 Å². The molecule has 0 aliphatic carbocycles. The van der Waals surface area contributed by atoms with Gasteiger partial charge in [0.25, 0.3) is 0 Å². The molecule has 0 spiro atoms. The van der Waals surface area contributed by atoms with Crippen LogP contribution in [0, 0.1) is 5.82 Å². The number of benzene rings is 1. The van der Waals surface area contributed by atoms with Crippen LogP contribution >= 0.6 is 11.6 Å². The van der Waals surface area contributed by atoms with E-state index in [9.17, 15) is 9.18 Å². The molecule has 2 heterocycles. The third kappa shape index (κ3) is 3.06. The number of likely N-dealkylation sites (tertiary alicyclic amines) is 1. The molecule has 1 amide bonds. The maximum atomic E-state index is 13.8. The van der Waals surface area contributed by atoms with Crippen molar-refractivity contribution in [2.75, 3.05) is 13.1 Å². The zero-order chi connectivity index (χ0) is 14.8. The highest BCUT2D eigenvalue weighted by Crippen LogP contribution is 2.27. The summed E-state index contributed by atoms with van der Waals surface area (Å²) in [5.41, 5.74) is 0.314. The molecule has 2 saturated heterocycles. The number of nitrogens with zero attached hydrogens (tertiary/aromatic N) is 1. The zero-order valence-corrected chi connectivity index (χ0v) is 12.7. The Kier molecular flexibility index (Phi) is 4.45. The molecule has 1 aromatic rings. The van der Waals surface area contributed by atoms with Crippen LogP contribution < -0.4 is 5.32 Å². The van der Waals surface area contributed by atoms with Crippen LogP contribution in [-0.4, -0.2) is 36.0 Å². The Bertz CT molecular complexity index is 511. The number of amides is 1. The van der Waals surface area contributed by atoms with Crippen LogP contribution in [0.2, 0.25) is 5.02 Å². The van der Waals surface area contributed by atoms with Gasteiger partial charge in [0.1, 0.15) is 5.82 Å². The molecule has 2 atom stereocenters. The Labute approximate surface area is 129 Å². The number of hydrogen-bond donors (Lipinski definition) is 1. The summed E-state index contributed by atoms with van der Waals surface area (Å²) in [4.78, 5) is 14.5. The van der Waals surface area contributed by atoms with Gasteiger partial charge in [0.2, 0.25) is 5.91 Å². The van der Waals surface area contributed by atoms with Crippen LogP contribution in [0.25, 0.3) is 0 Å². The van der Waals surface area contributed by atoms with E-state index in [0.29, 0.717) is 16.6 Å². The second-order valence-corrected chi connectivity index (χ2v) is 6.28. The van der Waals surface area contributed by atoms with Gasteiger partial charge in [-0.05, 0) is 44.4 Å². The van der Waals surface area contributed by atoms with E-state index in [0.717, 1.165) is 32.4 Å². The van der Waals surface area contributed by atoms with Gasteiger partial charge in [-0.3, -0.25) is 4.79 Å². The minimum Gasteiger partial charge on any atom is -0.338 e. The normalized spacial score (nSPS) is 25.5. The summed E-state index contributed by atoms with van der Waals surface area (Å²) in [6.45, 7) is 1.80. The van der Waals surface area contributed by atoms with Gasteiger partial charge in [-0.15, -0.1) is 0 Å². The van der Waals surface area contributed by atoms with E-state index in [1.807, 2.05) is 4.90 Å². The van der Waals surface area contributed by atoms with Crippen LogP contribution in [0.3, 0.4) is 0 Å². The number of hydrogen-bond acceptors (Lipinski definition) is 2. The lowest BCUT2D eigenvalue weighted by Gasteiger charge is -2.29. The molecule has 1 N–H and O–H groups in total. The molecule has 3 nitrogen and oxygen atoms in total. The first-order valence-electron chi connectivity index (χ1n) is 7.62. The molecule has 114 valence electrons. The maximum Gasteiger partial charge on any atom is 0.227 e. The average Bonchev–Trinajstić information content (AvgIpc) is 3.12. The van der Waals surface area contributed by atoms with E-state index in [1.165, 1.54) is 12.5 Å². The molecule has 0 radical (unpaired) electrons. The van der Waals surface area contributed by atoms with Crippen LogP contribution in [0.4, 0.5) is 4.39 Å². The molecule has 0 saturated carbocycles. The minimum atomic E-state index is -0.398. The van der Waals surface area contributed by atoms with Gasteiger partial charge in [-0.1, -0.05) is 17.7 Å². The van der Waals surface area contributed by atoms with E-state index in [1.54, 1.807) is 12.1 Å². The van der Waals surface area contributed by atoms with Crippen molar-refractivity contribution in [3.05, 3.63) is 34.6 Å². The van der Waals surface area contributed by atoms with Gasteiger partial charge >= 0.3 is 0 Å². The van der Waals surface area contributed by atoms with Crippen molar-refractivity contribution in [3.63, 3.8) is 0 Å². The fourth-order valence-electron chi connectivity index (χ4n) is 3.51. The van der Waals surface area contributed by atoms with Crippen molar-refractivity contribution >= 4 is 17.5 Å². The van der Waals surface area contributed by atoms with Crippen molar-refractivity contribution in [3.8, 4) is 0 Å². The van der Waals surface area contributed by atoms with E-state index >= 15 is 0 Å². The van der Waals surface area contributed by atoms with Crippen LogP contribution in [0.15, 0.2) is 18.2 Å². The van der Waals surface area contributed by atoms with Crippen molar-refractivity contribution in [2.45, 2.75) is 44.2 Å². The highest BCUT2D eigenvalue weighted by atomic mass is 35.5. The van der Waals surface area contributed by atoms with Crippen LogP contribution in [0.5, 0.6) is 0 Å². The first-order valence-corrected chi connectivity index (χ1v) is 8.00. The Morgan fingerprint density at radius 1 is 1.38 bits per heavy atom. The van der Waals surface area contributed by atoms with E-state index < -0.39 is 5.82 Å². The summed E-state index contributed by atoms with van der Waals surface area (Å²) >= 11 is 6.02. The molecular weight excluding hydrogens is 291 g/mol. The summed E-state index contributed by atoms with van der Waals surface area (Å²) in [6.07, 6.45) is 4.40. The second-order valence-electron chi connectivity index (χ2n) is 5.88. The number of carbonyl (C=O) groups excluding carboxylic acids is 1. The number of carbonyl (C=O) groups is 1. The molecule has 3 rings (SSSR count). The van der Waals surface area contributed by atoms with Crippen molar-refractivity contribution in [2.24, 2.45) is 0 Å². The predicted octanol–water partition coefficient (Wildman–Crippen LogP) is 2.76. The number of nitrogens with one attached hydrogen (secondary N) is 1. The molecule has 2 aliphatic heterocycles. The maximum absolute atomic E-state index is 13.8. The Morgan fingerprint density at radius 3 is 2.95 bits per heavy atom. The fraction of sp³-hybridized carbons (Fsp3) is 0.562. The topological polar surface area (TPSA) is 32.3 Å². The van der Waals surface area contributed by atoms with E-state index in [4.69, 9.17) is 11.6 Å². The summed E-state index contributed by atoms with van der Waals surface area (Å²) in [6, 6.07) is 5.20. The monoisotopic (exact) mass is 310 g/mol. The summed E-state index contributed by atoms with van der Waals surface area (Å²) in [7, 11) is 0. The first-order chi connectivity index (χ1) is 10.2. The lowest BCUT2D eigenvalue weighted by molar-refractivity contribution is -0.131. The molecule has 2 aliphatic rings. The molecule has 21 heavy (non-hydrogen) atoms. The van der Waals surface area contributed by atoms with Gasteiger partial charge in [0.15, 0.2) is 0 Å². The number of halogens is 2. The first kappa shape index (κ1) is 14.8. The second kappa shape index (κ2) is 6.32. The Balaban J connectivity index is 1.72. The molecule has 5 heteroatoms. The molecule has 2 unspecified atom stereocenters. The van der Waals surface area contributed by atoms with Crippen LogP contribution in [-0.2, 0) is 11.2 Å². The summed E-state index contributed by atoms with van der Waals surface area (Å²) < 4.78 is 13.8. The third-order valence-electron chi connectivity index (χ3n) is 4.57. The lowest BCUT2D eigenvalue weighted by atomic mass is 10.0. The SMILES string of the molecule is O=C(Cc1c(F)cccc1Cl)N1CCCC1C1CCCN1. The predicted molar refractivity (Wildman–Crippen MR) is 80.9 cm³/mol. The standard InChI is InChI=1S/C16H20ClFN2O/c17-12-4-1-5-13(18)11(12)10-16(21)20-9-3-7-15(20)14-6-2-8-19-14/h1,4-5,14-15,19H,2-3,6-10H2. The van der Waals surface area contributed by atoms with Crippen molar-refractivity contribution in [1.29, 1.82) is 0 Å². The van der Waals surface area contributed by atoms with Gasteiger partial charge < -0.3 is 10.2 Å². The Morgan fingerprint density at radius 2 is 2.24 bits per heavy atom. The average molecular weight is 311 g/mol. The van der Waals surface area contributed by atoms with Gasteiger partial charge in [0, 0.05) is 29.2 Å². The third-order valence-corrected chi connectivity index (χ3v) is 4.93. The van der Waals surface area contributed by atoms with Gasteiger partial charge in [-0.25, -0.2) is 4.39 Å². The Hall–Kier alpha value is -1.13.